The van der Waals surface area contributed by atoms with E-state index in [1.807, 2.05) is 24.4 Å². The zero-order valence-electron chi connectivity index (χ0n) is 26.2. The zero-order valence-corrected chi connectivity index (χ0v) is 26.2. The van der Waals surface area contributed by atoms with Crippen molar-refractivity contribution in [2.24, 2.45) is 0 Å². The highest BCUT2D eigenvalue weighted by atomic mass is 19.1. The Bertz CT molecular complexity index is 2930. The molecule has 3 aromatic heterocycles. The van der Waals surface area contributed by atoms with Crippen LogP contribution in [0.2, 0.25) is 0 Å². The summed E-state index contributed by atoms with van der Waals surface area (Å²) in [5.41, 5.74) is 8.56. The summed E-state index contributed by atoms with van der Waals surface area (Å²) in [6.07, 6.45) is 1.82. The van der Waals surface area contributed by atoms with Crippen LogP contribution in [0.5, 0.6) is 0 Å². The highest BCUT2D eigenvalue weighted by Crippen LogP contribution is 2.43. The molecule has 0 unspecified atom stereocenters. The first-order valence-electron chi connectivity index (χ1n) is 16.4. The lowest BCUT2D eigenvalue weighted by atomic mass is 9.89. The van der Waals surface area contributed by atoms with Crippen LogP contribution in [0.25, 0.3) is 98.7 Å². The van der Waals surface area contributed by atoms with Gasteiger partial charge < -0.3 is 0 Å². The van der Waals surface area contributed by atoms with Gasteiger partial charge in [-0.05, 0) is 75.1 Å². The van der Waals surface area contributed by atoms with Crippen molar-refractivity contribution in [1.29, 1.82) is 0 Å². The van der Waals surface area contributed by atoms with E-state index < -0.39 is 0 Å². The number of nitrogens with zero attached hydrogens (tertiary/aromatic N) is 3. The average Bonchev–Trinajstić information content (AvgIpc) is 3.17. The fourth-order valence-corrected chi connectivity index (χ4v) is 7.39. The molecule has 0 spiro atoms. The molecule has 0 amide bonds. The fourth-order valence-electron chi connectivity index (χ4n) is 7.39. The molecule has 0 saturated heterocycles. The second-order valence-corrected chi connectivity index (χ2v) is 12.5. The number of aromatic nitrogens is 3. The molecule has 0 N–H and O–H groups in total. The van der Waals surface area contributed by atoms with E-state index >= 15 is 0 Å². The third-order valence-electron chi connectivity index (χ3n) is 9.73. The summed E-state index contributed by atoms with van der Waals surface area (Å²) in [6.45, 7) is 0. The maximum absolute atomic E-state index is 14.1. The largest absolute Gasteiger partial charge is 0.254 e. The topological polar surface area (TPSA) is 38.7 Å². The molecular formula is C45H26FN3. The van der Waals surface area contributed by atoms with Gasteiger partial charge in [-0.25, -0.2) is 14.4 Å². The molecule has 0 aliphatic heterocycles. The molecule has 0 aliphatic rings. The SMILES string of the molecule is Fc1ccc(-c2nc3cc(-c4ccc(-c5ccc6ccc7cccnc7c6n5)cc4)ccc3c3c4ccccc4c4ccccc4c23)cc1. The maximum Gasteiger partial charge on any atom is 0.123 e. The van der Waals surface area contributed by atoms with Crippen LogP contribution in [0.1, 0.15) is 0 Å². The fraction of sp³-hybridized carbons (Fsp3) is 0. The summed E-state index contributed by atoms with van der Waals surface area (Å²) in [7, 11) is 0. The molecule has 10 aromatic rings. The van der Waals surface area contributed by atoms with Crippen LogP contribution in [-0.2, 0) is 0 Å². The van der Waals surface area contributed by atoms with E-state index in [1.54, 1.807) is 0 Å². The van der Waals surface area contributed by atoms with Gasteiger partial charge in [-0.3, -0.25) is 4.98 Å². The third kappa shape index (κ3) is 4.38. The molecule has 228 valence electrons. The van der Waals surface area contributed by atoms with Crippen molar-refractivity contribution in [3.05, 3.63) is 164 Å². The molecule has 10 rings (SSSR count). The molecule has 3 heterocycles. The first-order valence-corrected chi connectivity index (χ1v) is 16.4. The lowest BCUT2D eigenvalue weighted by Crippen LogP contribution is -1.94. The first kappa shape index (κ1) is 27.6. The number of halogens is 1. The highest BCUT2D eigenvalue weighted by molar-refractivity contribution is 6.33. The number of rotatable bonds is 3. The van der Waals surface area contributed by atoms with Gasteiger partial charge >= 0.3 is 0 Å². The van der Waals surface area contributed by atoms with Crippen molar-refractivity contribution >= 4 is 65.0 Å². The monoisotopic (exact) mass is 627 g/mol. The minimum absolute atomic E-state index is 0.265. The van der Waals surface area contributed by atoms with Gasteiger partial charge in [0, 0.05) is 44.3 Å². The molecule has 0 bridgehead atoms. The predicted octanol–water partition coefficient (Wildman–Crippen LogP) is 11.9. The van der Waals surface area contributed by atoms with E-state index in [0.29, 0.717) is 0 Å². The maximum atomic E-state index is 14.1. The number of hydrogen-bond acceptors (Lipinski definition) is 3. The third-order valence-corrected chi connectivity index (χ3v) is 9.73. The molecule has 0 radical (unpaired) electrons. The summed E-state index contributed by atoms with van der Waals surface area (Å²) in [5.74, 6) is -0.265. The second kappa shape index (κ2) is 10.8. The lowest BCUT2D eigenvalue weighted by molar-refractivity contribution is 0.628. The predicted molar refractivity (Wildman–Crippen MR) is 201 cm³/mol. The van der Waals surface area contributed by atoms with Gasteiger partial charge in [0.05, 0.1) is 27.9 Å². The zero-order chi connectivity index (χ0) is 32.5. The highest BCUT2D eigenvalue weighted by Gasteiger charge is 2.18. The molecule has 7 aromatic carbocycles. The van der Waals surface area contributed by atoms with Gasteiger partial charge in [0.1, 0.15) is 5.82 Å². The van der Waals surface area contributed by atoms with Crippen LogP contribution in [0.4, 0.5) is 4.39 Å². The average molecular weight is 628 g/mol. The van der Waals surface area contributed by atoms with Crippen molar-refractivity contribution < 1.29 is 4.39 Å². The summed E-state index contributed by atoms with van der Waals surface area (Å²) < 4.78 is 14.1. The van der Waals surface area contributed by atoms with E-state index in [-0.39, 0.29) is 5.82 Å². The Hall–Kier alpha value is -6.52. The molecule has 4 heteroatoms. The second-order valence-electron chi connectivity index (χ2n) is 12.5. The molecular weight excluding hydrogens is 602 g/mol. The normalized spacial score (nSPS) is 11.8. The Labute approximate surface area is 281 Å². The van der Waals surface area contributed by atoms with Gasteiger partial charge in [0.25, 0.3) is 0 Å². The van der Waals surface area contributed by atoms with Crippen LogP contribution in [0.3, 0.4) is 0 Å². The first-order chi connectivity index (χ1) is 24.2. The van der Waals surface area contributed by atoms with Crippen LogP contribution >= 0.6 is 0 Å². The molecule has 0 saturated carbocycles. The van der Waals surface area contributed by atoms with E-state index in [9.17, 15) is 4.39 Å². The summed E-state index contributed by atoms with van der Waals surface area (Å²) in [5, 5.41) is 10.2. The smallest absolute Gasteiger partial charge is 0.123 e. The van der Waals surface area contributed by atoms with Crippen molar-refractivity contribution in [2.75, 3.05) is 0 Å². The van der Waals surface area contributed by atoms with E-state index in [0.717, 1.165) is 82.5 Å². The summed E-state index contributed by atoms with van der Waals surface area (Å²) in [6, 6.07) is 51.3. The quantitative estimate of drug-likeness (QED) is 0.183. The van der Waals surface area contributed by atoms with Gasteiger partial charge in [-0.2, -0.15) is 0 Å². The summed E-state index contributed by atoms with van der Waals surface area (Å²) in [4.78, 5) is 15.0. The minimum atomic E-state index is -0.265. The Kier molecular flexibility index (Phi) is 6.06. The van der Waals surface area contributed by atoms with Gasteiger partial charge in [0.15, 0.2) is 0 Å². The van der Waals surface area contributed by atoms with E-state index in [4.69, 9.17) is 9.97 Å². The number of hydrogen-bond donors (Lipinski definition) is 0. The number of benzene rings is 7. The van der Waals surface area contributed by atoms with Crippen LogP contribution < -0.4 is 0 Å². The van der Waals surface area contributed by atoms with Crippen molar-refractivity contribution in [3.63, 3.8) is 0 Å². The number of fused-ring (bicyclic) bond motifs is 11. The van der Waals surface area contributed by atoms with Gasteiger partial charge in [0.2, 0.25) is 0 Å². The lowest BCUT2D eigenvalue weighted by Gasteiger charge is -2.17. The van der Waals surface area contributed by atoms with Crippen LogP contribution in [0, 0.1) is 5.82 Å². The Balaban J connectivity index is 1.15. The minimum Gasteiger partial charge on any atom is -0.254 e. The van der Waals surface area contributed by atoms with Crippen molar-refractivity contribution in [3.8, 4) is 33.6 Å². The van der Waals surface area contributed by atoms with Gasteiger partial charge in [-0.15, -0.1) is 0 Å². The van der Waals surface area contributed by atoms with Crippen molar-refractivity contribution in [1.82, 2.24) is 15.0 Å². The molecule has 3 nitrogen and oxygen atoms in total. The summed E-state index contributed by atoms with van der Waals surface area (Å²) >= 11 is 0. The van der Waals surface area contributed by atoms with Crippen molar-refractivity contribution in [2.45, 2.75) is 0 Å². The van der Waals surface area contributed by atoms with E-state index in [1.165, 1.54) is 28.3 Å². The van der Waals surface area contributed by atoms with E-state index in [2.05, 4.69) is 126 Å². The molecule has 0 aliphatic carbocycles. The van der Waals surface area contributed by atoms with Crippen LogP contribution in [0.15, 0.2) is 158 Å². The van der Waals surface area contributed by atoms with Gasteiger partial charge in [-0.1, -0.05) is 109 Å². The Morgan fingerprint density at radius 1 is 0.408 bits per heavy atom. The van der Waals surface area contributed by atoms with Crippen LogP contribution in [-0.4, -0.2) is 15.0 Å². The molecule has 0 fully saturated rings. The number of pyridine rings is 3. The molecule has 0 atom stereocenters. The Morgan fingerprint density at radius 2 is 1.02 bits per heavy atom. The molecule has 49 heavy (non-hydrogen) atoms. The standard InChI is InChI=1S/C45H26FN3/c46-33-21-17-30(18-22-33)43-42-37-10-4-2-8-35(37)34-7-1-3-9-36(34)41(42)38-23-19-32(26-40(38)49-43)27-11-13-28(14-12-27)39-24-20-31-16-15-29-6-5-25-47-44(29)45(31)48-39/h1-26H. The Morgan fingerprint density at radius 3 is 1.78 bits per heavy atom.